The first-order valence-corrected chi connectivity index (χ1v) is 24.3. The number of nitrogens with one attached hydrogen (secondary N) is 2. The normalized spacial score (nSPS) is 33.5. The maximum atomic E-state index is 6.85. The highest BCUT2D eigenvalue weighted by molar-refractivity contribution is 5.60. The number of rotatable bonds is 14. The quantitative estimate of drug-likeness (QED) is 0.187. The summed E-state index contributed by atoms with van der Waals surface area (Å²) in [6.07, 6.45) is 43.9. The Morgan fingerprint density at radius 2 is 1.57 bits per heavy atom. The van der Waals surface area contributed by atoms with Crippen LogP contribution in [0.5, 0.6) is 0 Å². The van der Waals surface area contributed by atoms with Gasteiger partial charge in [0.2, 0.25) is 0 Å². The molecule has 2 aromatic carbocycles. The minimum Gasteiger partial charge on any atom is -0.370 e. The number of ether oxygens (including phenoxy) is 2. The Balaban J connectivity index is 0.644. The summed E-state index contributed by atoms with van der Waals surface area (Å²) in [6, 6.07) is 20.2. The lowest BCUT2D eigenvalue weighted by Gasteiger charge is -2.37. The Morgan fingerprint density at radius 3 is 2.28 bits per heavy atom. The van der Waals surface area contributed by atoms with Crippen LogP contribution in [0.1, 0.15) is 119 Å². The minimum atomic E-state index is 0.179. The van der Waals surface area contributed by atoms with Crippen molar-refractivity contribution in [3.05, 3.63) is 153 Å². The summed E-state index contributed by atoms with van der Waals surface area (Å²) in [6.45, 7) is 4.37. The smallest absolute Gasteiger partial charge is 0.106 e. The van der Waals surface area contributed by atoms with Crippen molar-refractivity contribution < 1.29 is 9.47 Å². The third kappa shape index (κ3) is 10.7. The van der Waals surface area contributed by atoms with Crippen LogP contribution in [-0.2, 0) is 28.7 Å². The maximum Gasteiger partial charge on any atom is 0.106 e. The molecule has 5 nitrogen and oxygen atoms in total. The molecule has 5 unspecified atom stereocenters. The molecule has 0 aromatic heterocycles. The van der Waals surface area contributed by atoms with E-state index in [1.807, 2.05) is 0 Å². The van der Waals surface area contributed by atoms with Gasteiger partial charge in [0.25, 0.3) is 0 Å². The second kappa shape index (κ2) is 19.3. The Kier molecular flexibility index (Phi) is 13.0. The van der Waals surface area contributed by atoms with Crippen LogP contribution in [0.2, 0.25) is 0 Å². The zero-order chi connectivity index (χ0) is 41.0. The summed E-state index contributed by atoms with van der Waals surface area (Å²) in [5, 5.41) is 7.76. The van der Waals surface area contributed by atoms with Gasteiger partial charge in [-0.05, 0) is 166 Å². The molecule has 1 saturated carbocycles. The van der Waals surface area contributed by atoms with Gasteiger partial charge >= 0.3 is 0 Å². The highest BCUT2D eigenvalue weighted by atomic mass is 16.6. The first kappa shape index (κ1) is 41.2. The summed E-state index contributed by atoms with van der Waals surface area (Å²) in [5.74, 6) is 1.77. The third-order valence-corrected chi connectivity index (χ3v) is 15.2. The zero-order valence-electron chi connectivity index (χ0n) is 36.7. The molecular weight excluding hydrogens is 747 g/mol. The van der Waals surface area contributed by atoms with Gasteiger partial charge in [-0.3, -0.25) is 4.99 Å². The van der Waals surface area contributed by atoms with Gasteiger partial charge in [-0.1, -0.05) is 121 Å². The summed E-state index contributed by atoms with van der Waals surface area (Å²) in [4.78, 5) is 4.87. The summed E-state index contributed by atoms with van der Waals surface area (Å²) >= 11 is 0. The van der Waals surface area contributed by atoms with Crippen molar-refractivity contribution in [1.82, 2.24) is 10.6 Å². The molecule has 2 N–H and O–H groups in total. The van der Waals surface area contributed by atoms with Crippen LogP contribution in [0.25, 0.3) is 0 Å². The number of aliphatic imine (C=N–C) groups is 1. The number of hydrogen-bond donors (Lipinski definition) is 2. The molecule has 0 amide bonds. The monoisotopic (exact) mass is 816 g/mol. The van der Waals surface area contributed by atoms with E-state index in [2.05, 4.69) is 127 Å². The molecule has 5 heteroatoms. The predicted molar refractivity (Wildman–Crippen MR) is 251 cm³/mol. The first-order chi connectivity index (χ1) is 30.0. The SMILES string of the molecule is CC1C=C(C2=C[C@H](C3CCCN3)NC(C3CCC=N3)C2)C=C[C@H]1OC1CCC(CC2=CC=C(Cc3ccc(CC4C=CC(Cc5ccc([C@@H]6CO6)cc5)=CC4)cc3)CC2)CC1. The fourth-order valence-corrected chi connectivity index (χ4v) is 11.4. The van der Waals surface area contributed by atoms with Crippen LogP contribution in [-0.4, -0.2) is 55.7 Å². The van der Waals surface area contributed by atoms with Crippen molar-refractivity contribution in [1.29, 1.82) is 0 Å². The molecular formula is C56H69N3O2. The fraction of sp³-hybridized carbons (Fsp3) is 0.518. The number of nitrogens with zero attached hydrogens (tertiary/aromatic N) is 1. The van der Waals surface area contributed by atoms with E-state index in [-0.39, 0.29) is 6.10 Å². The second-order valence-electron chi connectivity index (χ2n) is 19.9. The molecule has 61 heavy (non-hydrogen) atoms. The lowest BCUT2D eigenvalue weighted by molar-refractivity contribution is -0.0295. The molecule has 4 heterocycles. The molecule has 4 aliphatic heterocycles. The van der Waals surface area contributed by atoms with Gasteiger partial charge in [0.15, 0.2) is 0 Å². The molecule has 8 aliphatic rings. The van der Waals surface area contributed by atoms with Crippen LogP contribution in [0.3, 0.4) is 0 Å². The Hall–Kier alpha value is -3.87. The van der Waals surface area contributed by atoms with Crippen molar-refractivity contribution in [2.45, 2.75) is 152 Å². The van der Waals surface area contributed by atoms with Crippen molar-refractivity contribution in [3.63, 3.8) is 0 Å². The number of hydrogen-bond acceptors (Lipinski definition) is 5. The number of epoxide rings is 1. The zero-order valence-corrected chi connectivity index (χ0v) is 36.7. The van der Waals surface area contributed by atoms with Crippen molar-refractivity contribution >= 4 is 6.21 Å². The number of benzene rings is 2. The van der Waals surface area contributed by atoms with E-state index in [0.29, 0.717) is 48.2 Å². The summed E-state index contributed by atoms with van der Waals surface area (Å²) < 4.78 is 12.3. The Labute approximate surface area is 366 Å². The molecule has 8 atom stereocenters. The number of allylic oxidation sites excluding steroid dienone is 10. The summed E-state index contributed by atoms with van der Waals surface area (Å²) in [7, 11) is 0. The second-order valence-corrected chi connectivity index (χ2v) is 19.9. The molecule has 3 fully saturated rings. The molecule has 0 radical (unpaired) electrons. The van der Waals surface area contributed by atoms with Crippen molar-refractivity contribution in [2.24, 2.45) is 22.7 Å². The highest BCUT2D eigenvalue weighted by Gasteiger charge is 2.35. The average molecular weight is 816 g/mol. The van der Waals surface area contributed by atoms with Gasteiger partial charge in [0, 0.05) is 24.0 Å². The average Bonchev–Trinajstić information content (AvgIpc) is 3.70. The molecule has 0 spiro atoms. The van der Waals surface area contributed by atoms with Crippen LogP contribution < -0.4 is 10.6 Å². The molecule has 2 aromatic rings. The van der Waals surface area contributed by atoms with Gasteiger partial charge in [-0.15, -0.1) is 0 Å². The van der Waals surface area contributed by atoms with Gasteiger partial charge in [-0.2, -0.15) is 0 Å². The maximum absolute atomic E-state index is 6.85. The van der Waals surface area contributed by atoms with Gasteiger partial charge in [0.05, 0.1) is 24.9 Å². The van der Waals surface area contributed by atoms with Gasteiger partial charge in [-0.25, -0.2) is 0 Å². The lowest BCUT2D eigenvalue weighted by Crippen LogP contribution is -2.53. The Morgan fingerprint density at radius 1 is 0.787 bits per heavy atom. The first-order valence-electron chi connectivity index (χ1n) is 24.3. The largest absolute Gasteiger partial charge is 0.370 e. The van der Waals surface area contributed by atoms with Crippen LogP contribution in [0.4, 0.5) is 0 Å². The Bertz CT molecular complexity index is 2080. The molecule has 10 rings (SSSR count). The van der Waals surface area contributed by atoms with E-state index in [9.17, 15) is 0 Å². The third-order valence-electron chi connectivity index (χ3n) is 15.2. The summed E-state index contributed by atoms with van der Waals surface area (Å²) in [5.41, 5.74) is 13.2. The molecule has 0 bridgehead atoms. The van der Waals surface area contributed by atoms with Gasteiger partial charge in [0.1, 0.15) is 6.10 Å². The van der Waals surface area contributed by atoms with E-state index in [4.69, 9.17) is 14.5 Å². The molecule has 2 saturated heterocycles. The van der Waals surface area contributed by atoms with Crippen LogP contribution in [0, 0.1) is 17.8 Å². The molecule has 4 aliphatic carbocycles. The lowest BCUT2D eigenvalue weighted by atomic mass is 9.80. The standard InChI is InChI=1S/C56H69N3O2/c1-38-30-48(49-35-53(51-4-2-28-57-51)59-54(36-49)52-5-3-29-58-52)24-27-55(38)61-50-25-20-46(21-26-50)34-44-16-12-42(13-17-44)32-40-8-6-39(7-9-40)31-41-10-14-43(15-11-41)33-45-18-22-47(23-19-45)56-37-60-56/h6-10,12,14-16,18-19,22-24,27-28,30,36,38,41,46,50-56,58-59H,2-5,11,13,17,20-21,25-26,29,31-35,37H2,1H3/t38?,41?,46?,50?,51?,52?,53?,54-,55-,56+/m1/s1. The minimum absolute atomic E-state index is 0.179. The van der Waals surface area contributed by atoms with E-state index in [1.165, 1.54) is 103 Å². The van der Waals surface area contributed by atoms with E-state index in [1.54, 1.807) is 11.1 Å². The van der Waals surface area contributed by atoms with Crippen molar-refractivity contribution in [3.8, 4) is 0 Å². The predicted octanol–water partition coefficient (Wildman–Crippen LogP) is 11.3. The fourth-order valence-electron chi connectivity index (χ4n) is 11.4. The molecule has 320 valence electrons. The van der Waals surface area contributed by atoms with Crippen LogP contribution >= 0.6 is 0 Å². The topological polar surface area (TPSA) is 58.2 Å². The van der Waals surface area contributed by atoms with Gasteiger partial charge < -0.3 is 20.1 Å². The van der Waals surface area contributed by atoms with Crippen molar-refractivity contribution in [2.75, 3.05) is 13.2 Å². The van der Waals surface area contributed by atoms with E-state index >= 15 is 0 Å². The highest BCUT2D eigenvalue weighted by Crippen LogP contribution is 2.37. The van der Waals surface area contributed by atoms with E-state index in [0.717, 1.165) is 57.6 Å². The van der Waals surface area contributed by atoms with E-state index < -0.39 is 0 Å². The van der Waals surface area contributed by atoms with Crippen LogP contribution in [0.15, 0.2) is 136 Å².